The fourth-order valence-electron chi connectivity index (χ4n) is 3.85. The van der Waals surface area contributed by atoms with Crippen LogP contribution in [0.5, 0.6) is 0 Å². The van der Waals surface area contributed by atoms with Crippen LogP contribution in [0.3, 0.4) is 0 Å². The summed E-state index contributed by atoms with van der Waals surface area (Å²) < 4.78 is 3.40. The zero-order valence-electron chi connectivity index (χ0n) is 17.9. The maximum Gasteiger partial charge on any atom is 0.0844 e. The Balaban J connectivity index is 1.68. The highest BCUT2D eigenvalue weighted by atomic mass is 32.1. The van der Waals surface area contributed by atoms with Crippen molar-refractivity contribution in [1.29, 1.82) is 0 Å². The van der Waals surface area contributed by atoms with Gasteiger partial charge in [-0.1, -0.05) is 63.5 Å². The Hall–Kier alpha value is -0.549. The molecule has 0 fully saturated rings. The van der Waals surface area contributed by atoms with Crippen molar-refractivity contribution < 1.29 is 0 Å². The molecule has 0 N–H and O–H groups in total. The van der Waals surface area contributed by atoms with Crippen LogP contribution in [0.4, 0.5) is 0 Å². The Labute approximate surface area is 193 Å². The van der Waals surface area contributed by atoms with Crippen molar-refractivity contribution in [2.24, 2.45) is 0 Å². The molecule has 7 heteroatoms. The Morgan fingerprint density at radius 2 is 0.931 bits per heavy atom. The summed E-state index contributed by atoms with van der Waals surface area (Å²) in [6, 6.07) is 18.5. The SMILES string of the molecule is C[Si](C)(c1ccc(-c2cccs2)s1)[Si](C)(C)[Si](C)(C)c1ccc(-c2cccs2)s1. The minimum absolute atomic E-state index is 1.42. The van der Waals surface area contributed by atoms with E-state index < -0.39 is 22.3 Å². The van der Waals surface area contributed by atoms with Gasteiger partial charge in [-0.05, 0) is 44.0 Å². The topological polar surface area (TPSA) is 0 Å². The third-order valence-electron chi connectivity index (χ3n) is 7.10. The zero-order chi connectivity index (χ0) is 20.9. The molecule has 0 saturated carbocycles. The van der Waals surface area contributed by atoms with Crippen molar-refractivity contribution in [2.45, 2.75) is 39.3 Å². The van der Waals surface area contributed by atoms with Crippen molar-refractivity contribution in [1.82, 2.24) is 0 Å². The first kappa shape index (κ1) is 21.7. The molecule has 0 amide bonds. The lowest BCUT2D eigenvalue weighted by atomic mass is 10.4. The maximum absolute atomic E-state index is 2.71. The first-order chi connectivity index (χ1) is 13.6. The van der Waals surface area contributed by atoms with Gasteiger partial charge in [0.25, 0.3) is 0 Å². The van der Waals surface area contributed by atoms with Crippen molar-refractivity contribution in [3.05, 3.63) is 59.3 Å². The third kappa shape index (κ3) is 3.69. The normalized spacial score (nSPS) is 13.2. The van der Waals surface area contributed by atoms with Gasteiger partial charge < -0.3 is 0 Å². The minimum atomic E-state index is -1.54. The predicted octanol–water partition coefficient (Wildman–Crippen LogP) is 7.66. The molecule has 0 aliphatic rings. The minimum Gasteiger partial charge on any atom is -0.144 e. The molecule has 0 unspecified atom stereocenters. The number of hydrogen-bond acceptors (Lipinski definition) is 4. The molecule has 0 saturated heterocycles. The van der Waals surface area contributed by atoms with Crippen LogP contribution >= 0.6 is 45.3 Å². The van der Waals surface area contributed by atoms with Crippen LogP contribution in [-0.2, 0) is 0 Å². The number of thiophene rings is 4. The van der Waals surface area contributed by atoms with Gasteiger partial charge in [-0.2, -0.15) is 0 Å². The van der Waals surface area contributed by atoms with Crippen molar-refractivity contribution in [3.8, 4) is 19.5 Å². The second-order valence-electron chi connectivity index (χ2n) is 9.16. The second-order valence-corrected chi connectivity index (χ2v) is 41.3. The van der Waals surface area contributed by atoms with E-state index in [2.05, 4.69) is 121 Å². The van der Waals surface area contributed by atoms with Gasteiger partial charge in [0.15, 0.2) is 0 Å². The van der Waals surface area contributed by atoms with Crippen LogP contribution in [0, 0.1) is 0 Å². The highest BCUT2D eigenvalue weighted by molar-refractivity contribution is 7.76. The van der Waals surface area contributed by atoms with E-state index in [4.69, 9.17) is 0 Å². The Morgan fingerprint density at radius 1 is 0.517 bits per heavy atom. The van der Waals surface area contributed by atoms with Crippen LogP contribution in [0.25, 0.3) is 19.5 Å². The highest BCUT2D eigenvalue weighted by Crippen LogP contribution is 2.36. The van der Waals surface area contributed by atoms with Crippen molar-refractivity contribution in [3.63, 3.8) is 0 Å². The van der Waals surface area contributed by atoms with Gasteiger partial charge in [0.05, 0.1) is 15.2 Å². The quantitative estimate of drug-likeness (QED) is 0.236. The van der Waals surface area contributed by atoms with Gasteiger partial charge in [0, 0.05) is 26.6 Å². The largest absolute Gasteiger partial charge is 0.144 e. The zero-order valence-corrected chi connectivity index (χ0v) is 24.2. The lowest BCUT2D eigenvalue weighted by Gasteiger charge is -2.47. The van der Waals surface area contributed by atoms with E-state index in [1.54, 1.807) is 9.00 Å². The van der Waals surface area contributed by atoms with Crippen molar-refractivity contribution >= 4 is 76.6 Å². The first-order valence-corrected chi connectivity index (χ1v) is 24.3. The standard InChI is InChI=1S/C22H28S4Si3/c1-27(2,21-13-11-19(25-21)17-9-7-15-23-17)29(5,6)28(3,4)22-14-12-20(26-22)18-10-8-16-24-18/h7-16H,1-6H3. The van der Waals surface area contributed by atoms with E-state index in [1.807, 2.05) is 22.7 Å². The smallest absolute Gasteiger partial charge is 0.0844 e. The van der Waals surface area contributed by atoms with Gasteiger partial charge in [-0.3, -0.25) is 0 Å². The summed E-state index contributed by atoms with van der Waals surface area (Å²) in [5.74, 6) is 0. The average Bonchev–Trinajstić information content (AvgIpc) is 3.49. The Bertz CT molecular complexity index is 997. The summed E-state index contributed by atoms with van der Waals surface area (Å²) in [5, 5.41) is 4.38. The molecule has 0 bridgehead atoms. The molecule has 0 atom stereocenters. The first-order valence-electron chi connectivity index (χ1n) is 9.93. The molecule has 4 aromatic rings. The molecule has 0 radical (unpaired) electrons. The van der Waals surface area contributed by atoms with E-state index in [9.17, 15) is 0 Å². The van der Waals surface area contributed by atoms with Crippen LogP contribution in [0.2, 0.25) is 39.3 Å². The molecule has 0 nitrogen and oxygen atoms in total. The van der Waals surface area contributed by atoms with E-state index >= 15 is 0 Å². The monoisotopic (exact) mass is 504 g/mol. The van der Waals surface area contributed by atoms with Gasteiger partial charge in [-0.15, -0.1) is 45.3 Å². The van der Waals surface area contributed by atoms with Crippen LogP contribution < -0.4 is 9.00 Å². The maximum atomic E-state index is 2.71. The molecule has 152 valence electrons. The summed E-state index contributed by atoms with van der Waals surface area (Å²) in [6.07, 6.45) is 0. The highest BCUT2D eigenvalue weighted by Gasteiger charge is 2.54. The molecule has 29 heavy (non-hydrogen) atoms. The van der Waals surface area contributed by atoms with Crippen LogP contribution in [0.15, 0.2) is 59.3 Å². The lowest BCUT2D eigenvalue weighted by molar-refractivity contribution is 1.78. The fourth-order valence-corrected chi connectivity index (χ4v) is 46.0. The van der Waals surface area contributed by atoms with Gasteiger partial charge in [0.1, 0.15) is 0 Å². The molecule has 4 heterocycles. The lowest BCUT2D eigenvalue weighted by Crippen LogP contribution is -2.77. The number of rotatable bonds is 6. The average molecular weight is 505 g/mol. The van der Waals surface area contributed by atoms with E-state index in [-0.39, 0.29) is 0 Å². The van der Waals surface area contributed by atoms with Crippen LogP contribution in [-0.4, -0.2) is 22.3 Å². The molecule has 0 aliphatic heterocycles. The van der Waals surface area contributed by atoms with Gasteiger partial charge >= 0.3 is 0 Å². The second kappa shape index (κ2) is 7.85. The summed E-state index contributed by atoms with van der Waals surface area (Å²) in [5.41, 5.74) is 0. The van der Waals surface area contributed by atoms with E-state index in [0.29, 0.717) is 0 Å². The molecular weight excluding hydrogens is 477 g/mol. The van der Waals surface area contributed by atoms with E-state index in [0.717, 1.165) is 0 Å². The summed E-state index contributed by atoms with van der Waals surface area (Å²) in [6.45, 7) is 16.1. The molecule has 0 spiro atoms. The number of hydrogen-bond donors (Lipinski definition) is 0. The third-order valence-corrected chi connectivity index (χ3v) is 56.5. The van der Waals surface area contributed by atoms with Gasteiger partial charge in [0.2, 0.25) is 0 Å². The summed E-state index contributed by atoms with van der Waals surface area (Å²) in [4.78, 5) is 5.74. The molecule has 0 aromatic carbocycles. The fraction of sp³-hybridized carbons (Fsp3) is 0.273. The molecule has 0 aliphatic carbocycles. The van der Waals surface area contributed by atoms with Crippen molar-refractivity contribution in [2.75, 3.05) is 0 Å². The molecule has 4 aromatic heterocycles. The summed E-state index contributed by atoms with van der Waals surface area (Å²) >= 11 is 7.87. The van der Waals surface area contributed by atoms with Gasteiger partial charge in [-0.25, -0.2) is 0 Å². The Morgan fingerprint density at radius 3 is 1.28 bits per heavy atom. The van der Waals surface area contributed by atoms with E-state index in [1.165, 1.54) is 19.5 Å². The predicted molar refractivity (Wildman–Crippen MR) is 147 cm³/mol. The summed E-state index contributed by atoms with van der Waals surface area (Å²) in [7, 11) is -4.56. The van der Waals surface area contributed by atoms with Crippen LogP contribution in [0.1, 0.15) is 0 Å². The molecule has 4 rings (SSSR count). The Kier molecular flexibility index (Phi) is 5.87. The molecular formula is C22H28S4Si3.